The fraction of sp³-hybridized carbons (Fsp3) is 0.222. The minimum Gasteiger partial charge on any atom is -0.494 e. The molecule has 0 aromatic carbocycles. The molecule has 0 radical (unpaired) electrons. The molecule has 6 heteroatoms. The second-order valence-corrected chi connectivity index (χ2v) is 3.74. The Morgan fingerprint density at radius 3 is 2.73 bits per heavy atom. The topological polar surface area (TPSA) is 59.9 Å². The molecule has 2 rings (SSSR count). The number of ether oxygens (including phenoxy) is 1. The van der Waals surface area contributed by atoms with Gasteiger partial charge in [-0.25, -0.2) is 9.97 Å². The van der Waals surface area contributed by atoms with Crippen LogP contribution >= 0.6 is 11.3 Å². The number of rotatable bonds is 4. The van der Waals surface area contributed by atoms with E-state index >= 15 is 0 Å². The summed E-state index contributed by atoms with van der Waals surface area (Å²) in [5, 5.41) is 3.09. The fourth-order valence-corrected chi connectivity index (χ4v) is 1.54. The summed E-state index contributed by atoms with van der Waals surface area (Å²) in [4.78, 5) is 13.3. The average Bonchev–Trinajstić information content (AvgIpc) is 2.80. The highest BCUT2D eigenvalue weighted by atomic mass is 32.1. The molecule has 0 saturated heterocycles. The summed E-state index contributed by atoms with van der Waals surface area (Å²) in [6.07, 6.45) is 5.07. The highest BCUT2D eigenvalue weighted by Crippen LogP contribution is 2.10. The van der Waals surface area contributed by atoms with Gasteiger partial charge in [-0.15, -0.1) is 11.3 Å². The fourth-order valence-electron chi connectivity index (χ4n) is 1.01. The van der Waals surface area contributed by atoms with Gasteiger partial charge in [0.1, 0.15) is 0 Å². The first kappa shape index (κ1) is 9.85. The summed E-state index contributed by atoms with van der Waals surface area (Å²) in [6.45, 7) is 0.691. The Hall–Kier alpha value is -1.69. The van der Waals surface area contributed by atoms with E-state index in [1.165, 1.54) is 0 Å². The van der Waals surface area contributed by atoms with Crippen molar-refractivity contribution in [2.45, 2.75) is 6.54 Å². The largest absolute Gasteiger partial charge is 0.494 e. The molecule has 0 atom stereocenters. The summed E-state index contributed by atoms with van der Waals surface area (Å²) in [6, 6.07) is 0. The maximum Gasteiger partial charge on any atom is 0.223 e. The highest BCUT2D eigenvalue weighted by molar-refractivity contribution is 7.09. The summed E-state index contributed by atoms with van der Waals surface area (Å²) in [5.41, 5.74) is 1.80. The van der Waals surface area contributed by atoms with Crippen molar-refractivity contribution < 1.29 is 4.74 Å². The van der Waals surface area contributed by atoms with Gasteiger partial charge in [0, 0.05) is 11.1 Å². The number of methoxy groups -OCH3 is 1. The lowest BCUT2D eigenvalue weighted by atomic mass is 10.5. The number of nitrogens with zero attached hydrogens (tertiary/aromatic N) is 3. The van der Waals surface area contributed by atoms with E-state index in [2.05, 4.69) is 20.3 Å². The lowest BCUT2D eigenvalue weighted by molar-refractivity contribution is 0.411. The SMILES string of the molecule is COc1cnc(NCc2cncs2)nc1. The molecule has 5 nitrogen and oxygen atoms in total. The van der Waals surface area contributed by atoms with Gasteiger partial charge < -0.3 is 10.1 Å². The predicted molar refractivity (Wildman–Crippen MR) is 58.0 cm³/mol. The molecule has 0 unspecified atom stereocenters. The zero-order valence-electron chi connectivity index (χ0n) is 8.17. The van der Waals surface area contributed by atoms with Crippen molar-refractivity contribution in [3.8, 4) is 5.75 Å². The van der Waals surface area contributed by atoms with Crippen LogP contribution in [0.2, 0.25) is 0 Å². The highest BCUT2D eigenvalue weighted by Gasteiger charge is 1.98. The molecule has 78 valence electrons. The molecule has 0 saturated carbocycles. The van der Waals surface area contributed by atoms with Crippen molar-refractivity contribution in [1.29, 1.82) is 0 Å². The molecule has 0 bridgehead atoms. The number of hydrogen-bond donors (Lipinski definition) is 1. The van der Waals surface area contributed by atoms with Crippen LogP contribution in [0.15, 0.2) is 24.1 Å². The van der Waals surface area contributed by atoms with E-state index in [-0.39, 0.29) is 0 Å². The minimum atomic E-state index is 0.587. The van der Waals surface area contributed by atoms with Crippen LogP contribution < -0.4 is 10.1 Å². The molecule has 2 heterocycles. The van der Waals surface area contributed by atoms with Crippen LogP contribution in [0.4, 0.5) is 5.95 Å². The molecule has 0 amide bonds. The first-order valence-electron chi connectivity index (χ1n) is 4.36. The van der Waals surface area contributed by atoms with Crippen LogP contribution in [0.5, 0.6) is 5.75 Å². The molecular weight excluding hydrogens is 212 g/mol. The molecule has 15 heavy (non-hydrogen) atoms. The van der Waals surface area contributed by atoms with Gasteiger partial charge in [-0.3, -0.25) is 4.98 Å². The van der Waals surface area contributed by atoms with Crippen LogP contribution in [0, 0.1) is 0 Å². The van der Waals surface area contributed by atoms with Crippen molar-refractivity contribution >= 4 is 17.3 Å². The van der Waals surface area contributed by atoms with Gasteiger partial charge in [0.2, 0.25) is 5.95 Å². The zero-order chi connectivity index (χ0) is 10.5. The Balaban J connectivity index is 1.93. The van der Waals surface area contributed by atoms with Gasteiger partial charge in [0.05, 0.1) is 31.6 Å². The molecule has 1 N–H and O–H groups in total. The van der Waals surface area contributed by atoms with Crippen LogP contribution in [0.1, 0.15) is 4.88 Å². The van der Waals surface area contributed by atoms with Gasteiger partial charge in [-0.1, -0.05) is 0 Å². The Morgan fingerprint density at radius 1 is 1.33 bits per heavy atom. The number of hydrogen-bond acceptors (Lipinski definition) is 6. The number of nitrogens with one attached hydrogen (secondary N) is 1. The molecule has 2 aromatic rings. The van der Waals surface area contributed by atoms with Gasteiger partial charge >= 0.3 is 0 Å². The third kappa shape index (κ3) is 2.63. The predicted octanol–water partition coefficient (Wildman–Crippen LogP) is 1.55. The van der Waals surface area contributed by atoms with Gasteiger partial charge in [-0.2, -0.15) is 0 Å². The quantitative estimate of drug-likeness (QED) is 0.850. The maximum atomic E-state index is 4.96. The van der Waals surface area contributed by atoms with E-state index in [9.17, 15) is 0 Å². The molecule has 0 aliphatic carbocycles. The second kappa shape index (κ2) is 4.70. The Labute approximate surface area is 91.2 Å². The Bertz CT molecular complexity index is 401. The lowest BCUT2D eigenvalue weighted by Crippen LogP contribution is -2.02. The van der Waals surface area contributed by atoms with Crippen molar-refractivity contribution in [2.75, 3.05) is 12.4 Å². The summed E-state index contributed by atoms with van der Waals surface area (Å²) in [5.74, 6) is 1.24. The van der Waals surface area contributed by atoms with Crippen LogP contribution in [0.25, 0.3) is 0 Å². The number of aromatic nitrogens is 3. The second-order valence-electron chi connectivity index (χ2n) is 2.77. The molecular formula is C9H10N4OS. The van der Waals surface area contributed by atoms with E-state index in [4.69, 9.17) is 4.74 Å². The van der Waals surface area contributed by atoms with Crippen LogP contribution in [0.3, 0.4) is 0 Å². The molecule has 0 fully saturated rings. The maximum absolute atomic E-state index is 4.96. The van der Waals surface area contributed by atoms with Crippen molar-refractivity contribution in [2.24, 2.45) is 0 Å². The number of thiazole rings is 1. The average molecular weight is 222 g/mol. The van der Waals surface area contributed by atoms with Crippen LogP contribution in [-0.4, -0.2) is 22.1 Å². The third-order valence-corrected chi connectivity index (χ3v) is 2.55. The normalized spacial score (nSPS) is 9.93. The zero-order valence-corrected chi connectivity index (χ0v) is 8.99. The Morgan fingerprint density at radius 2 is 2.13 bits per heavy atom. The molecule has 2 aromatic heterocycles. The smallest absolute Gasteiger partial charge is 0.223 e. The number of anilines is 1. The van der Waals surface area contributed by atoms with E-state index in [0.717, 1.165) is 4.88 Å². The molecule has 0 aliphatic rings. The first-order chi connectivity index (χ1) is 7.38. The summed E-state index contributed by atoms with van der Waals surface area (Å²) < 4.78 is 4.96. The summed E-state index contributed by atoms with van der Waals surface area (Å²) >= 11 is 1.60. The summed E-state index contributed by atoms with van der Waals surface area (Å²) in [7, 11) is 1.59. The van der Waals surface area contributed by atoms with E-state index in [1.54, 1.807) is 36.4 Å². The third-order valence-electron chi connectivity index (χ3n) is 1.77. The van der Waals surface area contributed by atoms with Crippen molar-refractivity contribution in [1.82, 2.24) is 15.0 Å². The van der Waals surface area contributed by atoms with Gasteiger partial charge in [0.15, 0.2) is 5.75 Å². The lowest BCUT2D eigenvalue weighted by Gasteiger charge is -2.02. The standard InChI is InChI=1S/C9H10N4OS/c1-14-7-2-11-9(12-3-7)13-5-8-4-10-6-15-8/h2-4,6H,5H2,1H3,(H,11,12,13). The molecule has 0 spiro atoms. The first-order valence-corrected chi connectivity index (χ1v) is 5.23. The Kier molecular flexibility index (Phi) is 3.08. The van der Waals surface area contributed by atoms with Crippen LogP contribution in [-0.2, 0) is 6.54 Å². The van der Waals surface area contributed by atoms with Gasteiger partial charge in [0.25, 0.3) is 0 Å². The van der Waals surface area contributed by atoms with Crippen molar-refractivity contribution in [3.05, 3.63) is 29.0 Å². The van der Waals surface area contributed by atoms with Crippen molar-refractivity contribution in [3.63, 3.8) is 0 Å². The molecule has 0 aliphatic heterocycles. The van der Waals surface area contributed by atoms with E-state index < -0.39 is 0 Å². The monoisotopic (exact) mass is 222 g/mol. The van der Waals surface area contributed by atoms with E-state index in [0.29, 0.717) is 18.2 Å². The van der Waals surface area contributed by atoms with E-state index in [1.807, 2.05) is 6.20 Å². The minimum absolute atomic E-state index is 0.587. The van der Waals surface area contributed by atoms with Gasteiger partial charge in [-0.05, 0) is 0 Å².